The van der Waals surface area contributed by atoms with E-state index in [1.165, 1.54) is 0 Å². The lowest BCUT2D eigenvalue weighted by molar-refractivity contribution is 0.0817. The van der Waals surface area contributed by atoms with Gasteiger partial charge in [-0.3, -0.25) is 0 Å². The summed E-state index contributed by atoms with van der Waals surface area (Å²) in [5.74, 6) is 1.33. The molecule has 1 N–H and O–H groups in total. The van der Waals surface area contributed by atoms with Crippen molar-refractivity contribution in [1.82, 2.24) is 5.32 Å². The zero-order chi connectivity index (χ0) is 21.2. The van der Waals surface area contributed by atoms with Crippen molar-refractivity contribution in [3.8, 4) is 5.75 Å². The molecule has 5 heteroatoms. The third kappa shape index (κ3) is 4.19. The van der Waals surface area contributed by atoms with E-state index in [9.17, 15) is 8.42 Å². The highest BCUT2D eigenvalue weighted by Crippen LogP contribution is 2.42. The molecule has 0 atom stereocenters. The highest BCUT2D eigenvalue weighted by atomic mass is 32.2. The van der Waals surface area contributed by atoms with Gasteiger partial charge < -0.3 is 10.1 Å². The minimum absolute atomic E-state index is 0.208. The Morgan fingerprint density at radius 1 is 1.00 bits per heavy atom. The van der Waals surface area contributed by atoms with E-state index >= 15 is 0 Å². The maximum absolute atomic E-state index is 12.8. The van der Waals surface area contributed by atoms with Crippen LogP contribution in [0, 0.1) is 5.92 Å². The second kappa shape index (κ2) is 8.56. The van der Waals surface area contributed by atoms with Crippen molar-refractivity contribution in [2.45, 2.75) is 50.0 Å². The topological polar surface area (TPSA) is 55.4 Å². The summed E-state index contributed by atoms with van der Waals surface area (Å²) in [4.78, 5) is 0.413. The number of ether oxygens (including phenoxy) is 1. The Morgan fingerprint density at radius 3 is 2.33 bits per heavy atom. The van der Waals surface area contributed by atoms with Crippen LogP contribution in [0.4, 0.5) is 0 Å². The normalized spacial score (nSPS) is 18.0. The third-order valence-electron chi connectivity index (χ3n) is 6.48. The number of para-hydroxylation sites is 1. The molecule has 0 bridgehead atoms. The zero-order valence-corrected chi connectivity index (χ0v) is 18.7. The summed E-state index contributed by atoms with van der Waals surface area (Å²) in [5, 5.41) is 3.41. The van der Waals surface area contributed by atoms with Crippen LogP contribution in [0.3, 0.4) is 0 Å². The van der Waals surface area contributed by atoms with Gasteiger partial charge in [0.1, 0.15) is 11.4 Å². The Hall–Kier alpha value is -2.11. The van der Waals surface area contributed by atoms with Crippen LogP contribution in [0.2, 0.25) is 0 Å². The van der Waals surface area contributed by atoms with Crippen LogP contribution in [-0.2, 0) is 9.84 Å². The molecule has 1 fully saturated rings. The summed E-state index contributed by atoms with van der Waals surface area (Å²) in [6.45, 7) is 5.97. The zero-order valence-electron chi connectivity index (χ0n) is 17.9. The SMILES string of the molecule is CCC(CC)CS(=O)(=O)c1ccc(C2=CC3(CCNCC3)Oc3ccccc32)cc1. The van der Waals surface area contributed by atoms with Crippen molar-refractivity contribution in [3.05, 3.63) is 65.7 Å². The molecule has 0 aliphatic carbocycles. The maximum Gasteiger partial charge on any atom is 0.178 e. The molecule has 2 aromatic carbocycles. The van der Waals surface area contributed by atoms with E-state index in [2.05, 4.69) is 31.3 Å². The largest absolute Gasteiger partial charge is 0.482 e. The van der Waals surface area contributed by atoms with Crippen LogP contribution in [0.5, 0.6) is 5.75 Å². The summed E-state index contributed by atoms with van der Waals surface area (Å²) in [6.07, 6.45) is 5.87. The van der Waals surface area contributed by atoms with E-state index in [-0.39, 0.29) is 17.3 Å². The molecule has 2 aromatic rings. The first kappa shape index (κ1) is 21.1. The lowest BCUT2D eigenvalue weighted by atomic mass is 9.83. The molecule has 160 valence electrons. The van der Waals surface area contributed by atoms with Gasteiger partial charge >= 0.3 is 0 Å². The number of rotatable bonds is 6. The van der Waals surface area contributed by atoms with Crippen LogP contribution in [0.1, 0.15) is 50.7 Å². The average molecular weight is 426 g/mol. The maximum atomic E-state index is 12.8. The van der Waals surface area contributed by atoms with Crippen molar-refractivity contribution >= 4 is 15.4 Å². The van der Waals surface area contributed by atoms with Crippen LogP contribution in [0.25, 0.3) is 5.57 Å². The fourth-order valence-electron chi connectivity index (χ4n) is 4.48. The van der Waals surface area contributed by atoms with Gasteiger partial charge in [0.15, 0.2) is 9.84 Å². The van der Waals surface area contributed by atoms with E-state index in [1.807, 2.05) is 30.3 Å². The number of sulfone groups is 1. The Bertz CT molecular complexity index is 1010. The molecule has 4 nitrogen and oxygen atoms in total. The number of benzene rings is 2. The van der Waals surface area contributed by atoms with Gasteiger partial charge in [-0.05, 0) is 54.4 Å². The van der Waals surface area contributed by atoms with Gasteiger partial charge in [-0.25, -0.2) is 8.42 Å². The molecular weight excluding hydrogens is 394 g/mol. The van der Waals surface area contributed by atoms with Crippen LogP contribution >= 0.6 is 0 Å². The van der Waals surface area contributed by atoms with Gasteiger partial charge in [-0.15, -0.1) is 0 Å². The molecule has 2 heterocycles. The molecular formula is C25H31NO3S. The molecule has 30 heavy (non-hydrogen) atoms. The first-order valence-electron chi connectivity index (χ1n) is 11.0. The second-order valence-electron chi connectivity index (χ2n) is 8.46. The fourth-order valence-corrected chi connectivity index (χ4v) is 6.31. The standard InChI is InChI=1S/C25H31NO3S/c1-3-19(4-2)18-30(27,28)21-11-9-20(10-12-21)23-17-25(13-15-26-16-14-25)29-24-8-6-5-7-22(23)24/h5-12,17,19,26H,3-4,13-16,18H2,1-2H3. The van der Waals surface area contributed by atoms with Crippen molar-refractivity contribution in [2.24, 2.45) is 5.92 Å². The summed E-state index contributed by atoms with van der Waals surface area (Å²) < 4.78 is 32.1. The van der Waals surface area contributed by atoms with E-state index in [0.717, 1.165) is 61.2 Å². The van der Waals surface area contributed by atoms with Crippen LogP contribution < -0.4 is 10.1 Å². The van der Waals surface area contributed by atoms with Crippen LogP contribution in [0.15, 0.2) is 59.5 Å². The minimum atomic E-state index is -3.27. The fraction of sp³-hybridized carbons (Fsp3) is 0.440. The summed E-state index contributed by atoms with van der Waals surface area (Å²) in [7, 11) is -3.27. The van der Waals surface area contributed by atoms with Gasteiger partial charge in [0.2, 0.25) is 0 Å². The number of hydrogen-bond donors (Lipinski definition) is 1. The molecule has 0 aromatic heterocycles. The van der Waals surface area contributed by atoms with Gasteiger partial charge in [-0.2, -0.15) is 0 Å². The smallest absolute Gasteiger partial charge is 0.178 e. The third-order valence-corrected chi connectivity index (χ3v) is 8.38. The highest BCUT2D eigenvalue weighted by Gasteiger charge is 2.37. The number of fused-ring (bicyclic) bond motifs is 1. The summed E-state index contributed by atoms with van der Waals surface area (Å²) >= 11 is 0. The predicted molar refractivity (Wildman–Crippen MR) is 122 cm³/mol. The molecule has 0 radical (unpaired) electrons. The molecule has 4 rings (SSSR count). The first-order chi connectivity index (χ1) is 14.5. The molecule has 1 spiro atoms. The first-order valence-corrected chi connectivity index (χ1v) is 12.7. The molecule has 2 aliphatic heterocycles. The molecule has 0 amide bonds. The average Bonchev–Trinajstić information content (AvgIpc) is 2.77. The lowest BCUT2D eigenvalue weighted by Gasteiger charge is -2.40. The predicted octanol–water partition coefficient (Wildman–Crippen LogP) is 4.84. The van der Waals surface area contributed by atoms with Gasteiger partial charge in [0, 0.05) is 18.4 Å². The van der Waals surface area contributed by atoms with E-state index in [4.69, 9.17) is 4.74 Å². The van der Waals surface area contributed by atoms with Gasteiger partial charge in [-0.1, -0.05) is 57.0 Å². The molecule has 2 aliphatic rings. The van der Waals surface area contributed by atoms with Crippen molar-refractivity contribution in [2.75, 3.05) is 18.8 Å². The van der Waals surface area contributed by atoms with Crippen molar-refractivity contribution in [3.63, 3.8) is 0 Å². The van der Waals surface area contributed by atoms with E-state index in [1.54, 1.807) is 12.1 Å². The Morgan fingerprint density at radius 2 is 1.67 bits per heavy atom. The Labute approximate surface area is 180 Å². The monoisotopic (exact) mass is 425 g/mol. The van der Waals surface area contributed by atoms with E-state index in [0.29, 0.717) is 4.90 Å². The number of piperidine rings is 1. The minimum Gasteiger partial charge on any atom is -0.482 e. The highest BCUT2D eigenvalue weighted by molar-refractivity contribution is 7.91. The molecule has 0 saturated carbocycles. The second-order valence-corrected chi connectivity index (χ2v) is 10.5. The Balaban J connectivity index is 1.68. The quantitative estimate of drug-likeness (QED) is 0.719. The van der Waals surface area contributed by atoms with Crippen molar-refractivity contribution < 1.29 is 13.2 Å². The summed E-state index contributed by atoms with van der Waals surface area (Å²) in [5.41, 5.74) is 2.93. The summed E-state index contributed by atoms with van der Waals surface area (Å²) in [6, 6.07) is 15.6. The van der Waals surface area contributed by atoms with Crippen molar-refractivity contribution in [1.29, 1.82) is 0 Å². The molecule has 0 unspecified atom stereocenters. The van der Waals surface area contributed by atoms with Gasteiger partial charge in [0.05, 0.1) is 10.6 Å². The lowest BCUT2D eigenvalue weighted by Crippen LogP contribution is -2.46. The number of hydrogen-bond acceptors (Lipinski definition) is 4. The van der Waals surface area contributed by atoms with E-state index < -0.39 is 9.84 Å². The Kier molecular flexibility index (Phi) is 6.03. The van der Waals surface area contributed by atoms with Gasteiger partial charge in [0.25, 0.3) is 0 Å². The number of nitrogens with one attached hydrogen (secondary N) is 1. The van der Waals surface area contributed by atoms with Crippen LogP contribution in [-0.4, -0.2) is 32.9 Å². The molecule has 1 saturated heterocycles.